The highest BCUT2D eigenvalue weighted by Gasteiger charge is 2.28. The van der Waals surface area contributed by atoms with Crippen LogP contribution in [0.25, 0.3) is 0 Å². The number of nitrogen functional groups attached to an aromatic ring is 1. The number of carbonyl (C=O) groups excluding carboxylic acids is 1. The molecule has 7 nitrogen and oxygen atoms in total. The fourth-order valence-electron chi connectivity index (χ4n) is 2.47. The zero-order chi connectivity index (χ0) is 17.5. The Bertz CT molecular complexity index is 683. The van der Waals surface area contributed by atoms with Gasteiger partial charge in [0.05, 0.1) is 25.0 Å². The molecule has 0 aliphatic carbocycles. The highest BCUT2D eigenvalue weighted by atomic mass is 32.2. The van der Waals surface area contributed by atoms with E-state index < -0.39 is 0 Å². The van der Waals surface area contributed by atoms with Crippen molar-refractivity contribution in [1.29, 1.82) is 0 Å². The van der Waals surface area contributed by atoms with Gasteiger partial charge in [-0.2, -0.15) is 0 Å². The van der Waals surface area contributed by atoms with E-state index in [-0.39, 0.29) is 23.8 Å². The summed E-state index contributed by atoms with van der Waals surface area (Å²) in [4.78, 5) is 12.2. The third kappa shape index (κ3) is 5.67. The molecule has 0 radical (unpaired) electrons. The minimum absolute atomic E-state index is 0.0509. The maximum absolute atomic E-state index is 12.2. The molecular weight excluding hydrogens is 360 g/mol. The first-order valence-electron chi connectivity index (χ1n) is 7.95. The maximum atomic E-state index is 12.2. The minimum Gasteiger partial charge on any atom is -0.379 e. The van der Waals surface area contributed by atoms with Gasteiger partial charge >= 0.3 is 0 Å². The Hall–Kier alpha value is -1.68. The second-order valence-electron chi connectivity index (χ2n) is 5.57. The molecule has 2 atom stereocenters. The molecular formula is C16H20N4O3S2. The quantitative estimate of drug-likeness (QED) is 0.705. The van der Waals surface area contributed by atoms with Crippen LogP contribution < -0.4 is 11.1 Å². The lowest BCUT2D eigenvalue weighted by Gasteiger charge is -2.32. The molecule has 9 heteroatoms. The lowest BCUT2D eigenvalue weighted by Crippen LogP contribution is -2.50. The summed E-state index contributed by atoms with van der Waals surface area (Å²) in [5.74, 6) is 0.219. The van der Waals surface area contributed by atoms with Gasteiger partial charge in [0.25, 0.3) is 0 Å². The largest absolute Gasteiger partial charge is 0.379 e. The highest BCUT2D eigenvalue weighted by molar-refractivity contribution is 8.01. The van der Waals surface area contributed by atoms with E-state index in [4.69, 9.17) is 15.2 Å². The Kier molecular flexibility index (Phi) is 6.62. The first-order chi connectivity index (χ1) is 12.2. The Morgan fingerprint density at radius 3 is 3.00 bits per heavy atom. The number of anilines is 1. The van der Waals surface area contributed by atoms with E-state index in [2.05, 4.69) is 15.5 Å². The summed E-state index contributed by atoms with van der Waals surface area (Å²) in [6.45, 7) is 1.61. The number of nitrogens with one attached hydrogen (secondary N) is 1. The van der Waals surface area contributed by atoms with Gasteiger partial charge in [-0.25, -0.2) is 0 Å². The molecule has 1 amide bonds. The molecule has 0 spiro atoms. The SMILES string of the molecule is Nc1nnc(SCC(=O)N[C@@H]2CCOC[C@H]2OCc2ccccc2)s1. The van der Waals surface area contributed by atoms with Gasteiger partial charge in [-0.05, 0) is 12.0 Å². The number of aromatic nitrogens is 2. The first kappa shape index (κ1) is 18.1. The van der Waals surface area contributed by atoms with E-state index in [0.717, 1.165) is 12.0 Å². The number of nitrogens with zero attached hydrogens (tertiary/aromatic N) is 2. The fraction of sp³-hybridized carbons (Fsp3) is 0.438. The Morgan fingerprint density at radius 1 is 1.40 bits per heavy atom. The average Bonchev–Trinajstić information content (AvgIpc) is 3.05. The van der Waals surface area contributed by atoms with Crippen LogP contribution in [-0.4, -0.2) is 47.2 Å². The molecule has 3 rings (SSSR count). The third-order valence-corrected chi connectivity index (χ3v) is 5.59. The molecule has 1 aromatic heterocycles. The summed E-state index contributed by atoms with van der Waals surface area (Å²) in [6, 6.07) is 9.91. The van der Waals surface area contributed by atoms with Crippen LogP contribution in [0.4, 0.5) is 5.13 Å². The van der Waals surface area contributed by atoms with Crippen molar-refractivity contribution < 1.29 is 14.3 Å². The van der Waals surface area contributed by atoms with Crippen molar-refractivity contribution in [2.75, 3.05) is 24.7 Å². The molecule has 25 heavy (non-hydrogen) atoms. The van der Waals surface area contributed by atoms with Crippen LogP contribution in [0.15, 0.2) is 34.7 Å². The fourth-order valence-corrected chi connectivity index (χ4v) is 3.92. The molecule has 0 unspecified atom stereocenters. The predicted molar refractivity (Wildman–Crippen MR) is 97.4 cm³/mol. The van der Waals surface area contributed by atoms with E-state index in [1.54, 1.807) is 0 Å². The number of hydrogen-bond acceptors (Lipinski definition) is 8. The molecule has 1 aliphatic heterocycles. The normalized spacial score (nSPS) is 20.3. The van der Waals surface area contributed by atoms with Gasteiger partial charge in [-0.1, -0.05) is 53.4 Å². The number of carbonyl (C=O) groups is 1. The van der Waals surface area contributed by atoms with Crippen LogP contribution in [0.1, 0.15) is 12.0 Å². The van der Waals surface area contributed by atoms with Crippen molar-refractivity contribution in [3.8, 4) is 0 Å². The van der Waals surface area contributed by atoms with Crippen molar-refractivity contribution in [3.63, 3.8) is 0 Å². The Labute approximate surface area is 154 Å². The van der Waals surface area contributed by atoms with E-state index in [9.17, 15) is 4.79 Å². The summed E-state index contributed by atoms with van der Waals surface area (Å²) in [7, 11) is 0. The van der Waals surface area contributed by atoms with E-state index in [0.29, 0.717) is 29.3 Å². The van der Waals surface area contributed by atoms with Crippen LogP contribution >= 0.6 is 23.1 Å². The van der Waals surface area contributed by atoms with Crippen molar-refractivity contribution in [3.05, 3.63) is 35.9 Å². The monoisotopic (exact) mass is 380 g/mol. The van der Waals surface area contributed by atoms with Crippen molar-refractivity contribution in [2.45, 2.75) is 29.5 Å². The second-order valence-corrected chi connectivity index (χ2v) is 7.80. The van der Waals surface area contributed by atoms with Crippen molar-refractivity contribution in [2.24, 2.45) is 0 Å². The molecule has 1 aromatic carbocycles. The number of benzene rings is 1. The zero-order valence-corrected chi connectivity index (χ0v) is 15.2. The van der Waals surface area contributed by atoms with Gasteiger partial charge in [0.15, 0.2) is 4.34 Å². The minimum atomic E-state index is -0.153. The second kappa shape index (κ2) is 9.14. The summed E-state index contributed by atoms with van der Waals surface area (Å²) in [5, 5.41) is 11.1. The predicted octanol–water partition coefficient (Wildman–Crippen LogP) is 1.70. The Morgan fingerprint density at radius 2 is 2.24 bits per heavy atom. The summed E-state index contributed by atoms with van der Waals surface area (Å²) in [6.07, 6.45) is 0.585. The van der Waals surface area contributed by atoms with Gasteiger partial charge in [-0.3, -0.25) is 4.79 Å². The molecule has 2 aromatic rings. The molecule has 134 valence electrons. The topological polar surface area (TPSA) is 99.4 Å². The van der Waals surface area contributed by atoms with Gasteiger partial charge in [0.2, 0.25) is 11.0 Å². The molecule has 1 aliphatic rings. The summed E-state index contributed by atoms with van der Waals surface area (Å²) < 4.78 is 12.2. The number of amides is 1. The molecule has 1 fully saturated rings. The van der Waals surface area contributed by atoms with Gasteiger partial charge in [-0.15, -0.1) is 10.2 Å². The lowest BCUT2D eigenvalue weighted by molar-refractivity contribution is -0.124. The molecule has 0 bridgehead atoms. The van der Waals surface area contributed by atoms with Gasteiger partial charge in [0, 0.05) is 6.61 Å². The summed E-state index contributed by atoms with van der Waals surface area (Å²) >= 11 is 2.61. The van der Waals surface area contributed by atoms with Crippen LogP contribution in [0.5, 0.6) is 0 Å². The molecule has 1 saturated heterocycles. The summed E-state index contributed by atoms with van der Waals surface area (Å²) in [5.41, 5.74) is 6.63. The van der Waals surface area contributed by atoms with Crippen LogP contribution in [0.3, 0.4) is 0 Å². The number of thioether (sulfide) groups is 1. The number of hydrogen-bond donors (Lipinski definition) is 2. The van der Waals surface area contributed by atoms with E-state index in [1.807, 2.05) is 30.3 Å². The zero-order valence-electron chi connectivity index (χ0n) is 13.6. The number of nitrogens with two attached hydrogens (primary N) is 1. The van der Waals surface area contributed by atoms with Crippen molar-refractivity contribution >= 4 is 34.1 Å². The highest BCUT2D eigenvalue weighted by Crippen LogP contribution is 2.23. The maximum Gasteiger partial charge on any atom is 0.230 e. The van der Waals surface area contributed by atoms with Crippen molar-refractivity contribution in [1.82, 2.24) is 15.5 Å². The standard InChI is InChI=1S/C16H20N4O3S2/c17-15-19-20-16(25-15)24-10-14(21)18-12-6-7-22-9-13(12)23-8-11-4-2-1-3-5-11/h1-5,12-13H,6-10H2,(H2,17,19)(H,18,21)/t12-,13-/m1/s1. The van der Waals surface area contributed by atoms with Gasteiger partial charge < -0.3 is 20.5 Å². The van der Waals surface area contributed by atoms with E-state index in [1.165, 1.54) is 23.1 Å². The van der Waals surface area contributed by atoms with Crippen LogP contribution in [-0.2, 0) is 20.9 Å². The lowest BCUT2D eigenvalue weighted by atomic mass is 10.1. The third-order valence-electron chi connectivity index (χ3n) is 3.71. The smallest absolute Gasteiger partial charge is 0.230 e. The molecule has 3 N–H and O–H groups in total. The Balaban J connectivity index is 1.47. The van der Waals surface area contributed by atoms with Gasteiger partial charge in [0.1, 0.15) is 6.10 Å². The van der Waals surface area contributed by atoms with E-state index >= 15 is 0 Å². The first-order valence-corrected chi connectivity index (χ1v) is 9.75. The number of rotatable bonds is 7. The molecule has 2 heterocycles. The van der Waals surface area contributed by atoms with Crippen LogP contribution in [0.2, 0.25) is 0 Å². The van der Waals surface area contributed by atoms with Crippen LogP contribution in [0, 0.1) is 0 Å². The average molecular weight is 380 g/mol. The number of ether oxygens (including phenoxy) is 2. The molecule has 0 saturated carbocycles.